The average molecular weight is 230 g/mol. The van der Waals surface area contributed by atoms with Crippen LogP contribution in [0, 0.1) is 11.8 Å². The molecular weight excluding hydrogens is 208 g/mol. The monoisotopic (exact) mass is 230 g/mol. The van der Waals surface area contributed by atoms with E-state index >= 15 is 0 Å². The van der Waals surface area contributed by atoms with Crippen LogP contribution in [-0.4, -0.2) is 22.2 Å². The van der Waals surface area contributed by atoms with Crippen LogP contribution < -0.4 is 0 Å². The summed E-state index contributed by atoms with van der Waals surface area (Å²) >= 11 is 0. The standard InChI is InChI=1S/C12H22O4/c1-3-9(5-7-11(13)14)10(4-2)6-8-12(15)16/h9-10H,3-8H2,1-2H3,(H,13,14)(H,15,16). The van der Waals surface area contributed by atoms with Gasteiger partial charge in [0.1, 0.15) is 0 Å². The number of rotatable bonds is 9. The Hall–Kier alpha value is -1.06. The van der Waals surface area contributed by atoms with Crippen LogP contribution >= 0.6 is 0 Å². The number of hydrogen-bond donors (Lipinski definition) is 2. The largest absolute Gasteiger partial charge is 0.481 e. The second-order valence-corrected chi connectivity index (χ2v) is 4.20. The first-order valence-corrected chi connectivity index (χ1v) is 5.94. The van der Waals surface area contributed by atoms with Crippen LogP contribution in [0.15, 0.2) is 0 Å². The van der Waals surface area contributed by atoms with E-state index in [9.17, 15) is 9.59 Å². The molecule has 2 atom stereocenters. The Morgan fingerprint density at radius 2 is 1.19 bits per heavy atom. The van der Waals surface area contributed by atoms with Crippen molar-refractivity contribution in [3.05, 3.63) is 0 Å². The average Bonchev–Trinajstić information content (AvgIpc) is 2.22. The van der Waals surface area contributed by atoms with Crippen molar-refractivity contribution in [1.82, 2.24) is 0 Å². The molecule has 0 aliphatic carbocycles. The molecule has 16 heavy (non-hydrogen) atoms. The zero-order chi connectivity index (χ0) is 12.6. The molecule has 0 aliphatic heterocycles. The van der Waals surface area contributed by atoms with Crippen molar-refractivity contribution in [1.29, 1.82) is 0 Å². The lowest BCUT2D eigenvalue weighted by molar-refractivity contribution is -0.139. The van der Waals surface area contributed by atoms with Gasteiger partial charge in [-0.1, -0.05) is 26.7 Å². The van der Waals surface area contributed by atoms with E-state index in [1.807, 2.05) is 13.8 Å². The molecule has 0 aliphatic rings. The van der Waals surface area contributed by atoms with Crippen LogP contribution in [0.2, 0.25) is 0 Å². The zero-order valence-electron chi connectivity index (χ0n) is 10.1. The summed E-state index contributed by atoms with van der Waals surface area (Å²) in [7, 11) is 0. The second kappa shape index (κ2) is 8.13. The fraction of sp³-hybridized carbons (Fsp3) is 0.833. The van der Waals surface area contributed by atoms with Gasteiger partial charge in [-0.3, -0.25) is 9.59 Å². The number of carboxylic acids is 2. The summed E-state index contributed by atoms with van der Waals surface area (Å²) in [6, 6.07) is 0. The van der Waals surface area contributed by atoms with Crippen molar-refractivity contribution < 1.29 is 19.8 Å². The van der Waals surface area contributed by atoms with Crippen LogP contribution in [0.25, 0.3) is 0 Å². The summed E-state index contributed by atoms with van der Waals surface area (Å²) in [5.41, 5.74) is 0. The Balaban J connectivity index is 4.15. The molecule has 0 rings (SSSR count). The molecule has 0 saturated heterocycles. The van der Waals surface area contributed by atoms with E-state index in [1.54, 1.807) is 0 Å². The molecule has 4 heteroatoms. The predicted octanol–water partition coefficient (Wildman–Crippen LogP) is 2.77. The molecule has 0 amide bonds. The third-order valence-electron chi connectivity index (χ3n) is 3.17. The van der Waals surface area contributed by atoms with Crippen molar-refractivity contribution in [3.63, 3.8) is 0 Å². The lowest BCUT2D eigenvalue weighted by Gasteiger charge is -2.24. The Bertz CT molecular complexity index is 201. The molecule has 0 saturated carbocycles. The van der Waals surface area contributed by atoms with Crippen LogP contribution in [-0.2, 0) is 9.59 Å². The van der Waals surface area contributed by atoms with Crippen LogP contribution in [0.4, 0.5) is 0 Å². The fourth-order valence-corrected chi connectivity index (χ4v) is 2.16. The highest BCUT2D eigenvalue weighted by atomic mass is 16.4. The predicted molar refractivity (Wildman–Crippen MR) is 61.3 cm³/mol. The summed E-state index contributed by atoms with van der Waals surface area (Å²) in [6.07, 6.45) is 3.52. The molecule has 0 fully saturated rings. The van der Waals surface area contributed by atoms with E-state index in [0.717, 1.165) is 12.8 Å². The molecule has 2 N–H and O–H groups in total. The van der Waals surface area contributed by atoms with Crippen LogP contribution in [0.3, 0.4) is 0 Å². The Kier molecular flexibility index (Phi) is 7.60. The molecule has 94 valence electrons. The fourth-order valence-electron chi connectivity index (χ4n) is 2.16. The molecule has 0 spiro atoms. The van der Waals surface area contributed by atoms with Gasteiger partial charge >= 0.3 is 11.9 Å². The minimum Gasteiger partial charge on any atom is -0.481 e. The van der Waals surface area contributed by atoms with Gasteiger partial charge in [0, 0.05) is 12.8 Å². The van der Waals surface area contributed by atoms with Gasteiger partial charge in [-0.05, 0) is 24.7 Å². The molecule has 0 aromatic carbocycles. The van der Waals surface area contributed by atoms with Gasteiger partial charge < -0.3 is 10.2 Å². The number of hydrogen-bond acceptors (Lipinski definition) is 2. The first kappa shape index (κ1) is 14.9. The number of carbonyl (C=O) groups is 2. The molecule has 0 bridgehead atoms. The van der Waals surface area contributed by atoms with E-state index in [2.05, 4.69) is 0 Å². The maximum atomic E-state index is 10.5. The van der Waals surface area contributed by atoms with Crippen molar-refractivity contribution in [2.75, 3.05) is 0 Å². The summed E-state index contributed by atoms with van der Waals surface area (Å²) in [5.74, 6) is -0.876. The van der Waals surface area contributed by atoms with Crippen molar-refractivity contribution in [2.45, 2.75) is 52.4 Å². The van der Waals surface area contributed by atoms with Gasteiger partial charge in [-0.25, -0.2) is 0 Å². The third kappa shape index (κ3) is 6.43. The van der Waals surface area contributed by atoms with Crippen LogP contribution in [0.1, 0.15) is 52.4 Å². The maximum Gasteiger partial charge on any atom is 0.303 e. The molecule has 2 unspecified atom stereocenters. The SMILES string of the molecule is CCC(CCC(=O)O)C(CC)CCC(=O)O. The Morgan fingerprint density at radius 1 is 0.875 bits per heavy atom. The molecule has 0 radical (unpaired) electrons. The first-order valence-electron chi connectivity index (χ1n) is 5.94. The van der Waals surface area contributed by atoms with Crippen LogP contribution in [0.5, 0.6) is 0 Å². The highest BCUT2D eigenvalue weighted by Gasteiger charge is 2.19. The van der Waals surface area contributed by atoms with Gasteiger partial charge in [0.25, 0.3) is 0 Å². The molecule has 4 nitrogen and oxygen atoms in total. The Morgan fingerprint density at radius 3 is 1.38 bits per heavy atom. The quantitative estimate of drug-likeness (QED) is 0.638. The minimum atomic E-state index is -0.772. The Labute approximate surface area is 96.7 Å². The maximum absolute atomic E-state index is 10.5. The zero-order valence-corrected chi connectivity index (χ0v) is 10.1. The first-order chi connectivity index (χ1) is 7.51. The lowest BCUT2D eigenvalue weighted by Crippen LogP contribution is -2.16. The highest BCUT2D eigenvalue weighted by molar-refractivity contribution is 5.67. The summed E-state index contributed by atoms with van der Waals surface area (Å²) in [6.45, 7) is 4.08. The number of carboxylic acid groups (broad SMARTS) is 2. The van der Waals surface area contributed by atoms with E-state index in [-0.39, 0.29) is 12.8 Å². The summed E-state index contributed by atoms with van der Waals surface area (Å²) < 4.78 is 0. The normalized spacial score (nSPS) is 14.4. The smallest absolute Gasteiger partial charge is 0.303 e. The van der Waals surface area contributed by atoms with E-state index < -0.39 is 11.9 Å². The third-order valence-corrected chi connectivity index (χ3v) is 3.17. The van der Waals surface area contributed by atoms with E-state index in [0.29, 0.717) is 24.7 Å². The minimum absolute atomic E-state index is 0.183. The van der Waals surface area contributed by atoms with Crippen molar-refractivity contribution in [2.24, 2.45) is 11.8 Å². The van der Waals surface area contributed by atoms with Crippen molar-refractivity contribution >= 4 is 11.9 Å². The van der Waals surface area contributed by atoms with Gasteiger partial charge in [0.15, 0.2) is 0 Å². The van der Waals surface area contributed by atoms with Gasteiger partial charge in [0.2, 0.25) is 0 Å². The van der Waals surface area contributed by atoms with Gasteiger partial charge in [-0.15, -0.1) is 0 Å². The molecular formula is C12H22O4. The second-order valence-electron chi connectivity index (χ2n) is 4.20. The van der Waals surface area contributed by atoms with E-state index in [4.69, 9.17) is 10.2 Å². The summed E-state index contributed by atoms with van der Waals surface area (Å²) in [4.78, 5) is 21.0. The van der Waals surface area contributed by atoms with Gasteiger partial charge in [-0.2, -0.15) is 0 Å². The topological polar surface area (TPSA) is 74.6 Å². The molecule has 0 heterocycles. The number of aliphatic carboxylic acids is 2. The summed E-state index contributed by atoms with van der Waals surface area (Å²) in [5, 5.41) is 17.3. The molecule has 0 aromatic rings. The molecule has 0 aromatic heterocycles. The highest BCUT2D eigenvalue weighted by Crippen LogP contribution is 2.28. The lowest BCUT2D eigenvalue weighted by atomic mass is 9.81. The van der Waals surface area contributed by atoms with E-state index in [1.165, 1.54) is 0 Å². The van der Waals surface area contributed by atoms with Crippen molar-refractivity contribution in [3.8, 4) is 0 Å². The van der Waals surface area contributed by atoms with Gasteiger partial charge in [0.05, 0.1) is 0 Å².